The molecule has 0 aliphatic carbocycles. The van der Waals surface area contributed by atoms with E-state index in [0.29, 0.717) is 31.1 Å². The fourth-order valence-corrected chi connectivity index (χ4v) is 5.60. The molecule has 0 bridgehead atoms. The SMILES string of the molecule is CC1(C)Cc2cccc(OCCNC(=O)C3CSC4(C)CCC(=O)N34)c2O1. The molecule has 0 aromatic heterocycles. The van der Waals surface area contributed by atoms with Crippen molar-refractivity contribution in [3.63, 3.8) is 0 Å². The Hall–Kier alpha value is -1.89. The largest absolute Gasteiger partial charge is 0.488 e. The first-order chi connectivity index (χ1) is 12.8. The standard InChI is InChI=1S/C20H26N2O4S/c1-19(2)11-13-5-4-6-15(17(13)26-19)25-10-9-21-18(24)14-12-27-20(3)8-7-16(23)22(14)20/h4-6,14H,7-12H2,1-3H3,(H,21,24). The van der Waals surface area contributed by atoms with Gasteiger partial charge >= 0.3 is 0 Å². The number of para-hydroxylation sites is 1. The lowest BCUT2D eigenvalue weighted by Crippen LogP contribution is -2.50. The number of carbonyl (C=O) groups is 2. The minimum Gasteiger partial charge on any atom is -0.488 e. The molecular weight excluding hydrogens is 364 g/mol. The van der Waals surface area contributed by atoms with Gasteiger partial charge in [0.25, 0.3) is 0 Å². The highest BCUT2D eigenvalue weighted by atomic mass is 32.2. The molecule has 2 amide bonds. The lowest BCUT2D eigenvalue weighted by molar-refractivity contribution is -0.137. The Labute approximate surface area is 164 Å². The minimum atomic E-state index is -0.375. The molecule has 0 spiro atoms. The van der Waals surface area contributed by atoms with Crippen molar-refractivity contribution in [3.05, 3.63) is 23.8 Å². The van der Waals surface area contributed by atoms with Crippen LogP contribution in [0.1, 0.15) is 39.2 Å². The Bertz CT molecular complexity index is 781. The molecule has 0 radical (unpaired) electrons. The number of rotatable bonds is 5. The zero-order valence-electron chi connectivity index (χ0n) is 16.0. The van der Waals surface area contributed by atoms with Crippen LogP contribution < -0.4 is 14.8 Å². The molecule has 2 unspecified atom stereocenters. The quantitative estimate of drug-likeness (QED) is 0.782. The van der Waals surface area contributed by atoms with Crippen LogP contribution in [0.2, 0.25) is 0 Å². The smallest absolute Gasteiger partial charge is 0.243 e. The molecule has 3 aliphatic heterocycles. The summed E-state index contributed by atoms with van der Waals surface area (Å²) in [5, 5.41) is 2.92. The Morgan fingerprint density at radius 1 is 1.41 bits per heavy atom. The van der Waals surface area contributed by atoms with Gasteiger partial charge < -0.3 is 19.7 Å². The number of hydrogen-bond acceptors (Lipinski definition) is 5. The first-order valence-electron chi connectivity index (χ1n) is 9.47. The van der Waals surface area contributed by atoms with Crippen molar-refractivity contribution in [2.24, 2.45) is 0 Å². The van der Waals surface area contributed by atoms with Gasteiger partial charge in [0.1, 0.15) is 18.2 Å². The summed E-state index contributed by atoms with van der Waals surface area (Å²) in [6.45, 7) is 6.92. The normalized spacial score (nSPS) is 27.9. The maximum Gasteiger partial charge on any atom is 0.243 e. The van der Waals surface area contributed by atoms with E-state index >= 15 is 0 Å². The third-order valence-electron chi connectivity index (χ3n) is 5.46. The summed E-state index contributed by atoms with van der Waals surface area (Å²) in [6.07, 6.45) is 2.21. The van der Waals surface area contributed by atoms with Crippen LogP contribution >= 0.6 is 11.8 Å². The van der Waals surface area contributed by atoms with Crippen LogP contribution in [-0.4, -0.2) is 52.1 Å². The van der Waals surface area contributed by atoms with E-state index in [4.69, 9.17) is 9.47 Å². The van der Waals surface area contributed by atoms with Gasteiger partial charge in [-0.05, 0) is 33.3 Å². The van der Waals surface area contributed by atoms with E-state index in [1.54, 1.807) is 16.7 Å². The number of benzene rings is 1. The number of amides is 2. The third kappa shape index (κ3) is 3.37. The molecule has 4 rings (SSSR count). The van der Waals surface area contributed by atoms with E-state index in [9.17, 15) is 9.59 Å². The van der Waals surface area contributed by atoms with Crippen LogP contribution in [0.25, 0.3) is 0 Å². The van der Waals surface area contributed by atoms with Gasteiger partial charge in [-0.15, -0.1) is 11.8 Å². The topological polar surface area (TPSA) is 67.9 Å². The molecule has 3 aliphatic rings. The first kappa shape index (κ1) is 18.5. The summed E-state index contributed by atoms with van der Waals surface area (Å²) in [7, 11) is 0. The number of thioether (sulfide) groups is 1. The van der Waals surface area contributed by atoms with Crippen LogP contribution in [0.4, 0.5) is 0 Å². The monoisotopic (exact) mass is 390 g/mol. The lowest BCUT2D eigenvalue weighted by Gasteiger charge is -2.29. The van der Waals surface area contributed by atoms with Crippen molar-refractivity contribution in [2.45, 2.75) is 56.5 Å². The van der Waals surface area contributed by atoms with E-state index in [2.05, 4.69) is 32.2 Å². The zero-order valence-corrected chi connectivity index (χ0v) is 16.9. The van der Waals surface area contributed by atoms with Crippen LogP contribution in [0.5, 0.6) is 11.5 Å². The van der Waals surface area contributed by atoms with E-state index < -0.39 is 0 Å². The molecule has 6 nitrogen and oxygen atoms in total. The van der Waals surface area contributed by atoms with E-state index in [-0.39, 0.29) is 28.3 Å². The van der Waals surface area contributed by atoms with Crippen molar-refractivity contribution < 1.29 is 19.1 Å². The molecule has 27 heavy (non-hydrogen) atoms. The predicted octanol–water partition coefficient (Wildman–Crippen LogP) is 2.35. The number of hydrogen-bond donors (Lipinski definition) is 1. The van der Waals surface area contributed by atoms with Crippen molar-refractivity contribution in [2.75, 3.05) is 18.9 Å². The van der Waals surface area contributed by atoms with Crippen molar-refractivity contribution in [3.8, 4) is 11.5 Å². The fourth-order valence-electron chi connectivity index (χ4n) is 4.17. The average molecular weight is 391 g/mol. The summed E-state index contributed by atoms with van der Waals surface area (Å²) >= 11 is 1.70. The summed E-state index contributed by atoms with van der Waals surface area (Å²) in [6, 6.07) is 5.54. The molecule has 2 fully saturated rings. The van der Waals surface area contributed by atoms with Gasteiger partial charge in [0.15, 0.2) is 11.5 Å². The van der Waals surface area contributed by atoms with Gasteiger partial charge in [0, 0.05) is 24.2 Å². The summed E-state index contributed by atoms with van der Waals surface area (Å²) in [5.74, 6) is 2.16. The second-order valence-electron chi connectivity index (χ2n) is 8.19. The molecule has 2 saturated heterocycles. The number of nitrogens with one attached hydrogen (secondary N) is 1. The average Bonchev–Trinajstić information content (AvgIpc) is 3.21. The van der Waals surface area contributed by atoms with Crippen LogP contribution in [0.3, 0.4) is 0 Å². The Balaban J connectivity index is 1.30. The van der Waals surface area contributed by atoms with Gasteiger partial charge in [0.05, 0.1) is 11.4 Å². The first-order valence-corrected chi connectivity index (χ1v) is 10.5. The molecule has 0 saturated carbocycles. The summed E-state index contributed by atoms with van der Waals surface area (Å²) in [4.78, 5) is 26.3. The maximum atomic E-state index is 12.6. The predicted molar refractivity (Wildman–Crippen MR) is 104 cm³/mol. The van der Waals surface area contributed by atoms with Gasteiger partial charge in [-0.3, -0.25) is 9.59 Å². The van der Waals surface area contributed by atoms with Crippen molar-refractivity contribution >= 4 is 23.6 Å². The van der Waals surface area contributed by atoms with E-state index in [1.807, 2.05) is 12.1 Å². The highest BCUT2D eigenvalue weighted by Crippen LogP contribution is 2.47. The van der Waals surface area contributed by atoms with Crippen LogP contribution in [-0.2, 0) is 16.0 Å². The molecule has 1 aromatic rings. The molecule has 7 heteroatoms. The van der Waals surface area contributed by atoms with E-state index in [0.717, 1.165) is 24.2 Å². The van der Waals surface area contributed by atoms with Crippen LogP contribution in [0.15, 0.2) is 18.2 Å². The van der Waals surface area contributed by atoms with Gasteiger partial charge in [-0.2, -0.15) is 0 Å². The van der Waals surface area contributed by atoms with E-state index in [1.165, 1.54) is 0 Å². The van der Waals surface area contributed by atoms with Crippen molar-refractivity contribution in [1.82, 2.24) is 10.2 Å². The van der Waals surface area contributed by atoms with Gasteiger partial charge in [-0.1, -0.05) is 12.1 Å². The van der Waals surface area contributed by atoms with Gasteiger partial charge in [0.2, 0.25) is 11.8 Å². The molecular formula is C20H26N2O4S. The molecule has 1 N–H and O–H groups in total. The Kier molecular flexibility index (Phi) is 4.53. The van der Waals surface area contributed by atoms with Crippen molar-refractivity contribution in [1.29, 1.82) is 0 Å². The molecule has 2 atom stereocenters. The van der Waals surface area contributed by atoms with Crippen LogP contribution in [0, 0.1) is 0 Å². The summed E-state index contributed by atoms with van der Waals surface area (Å²) in [5.41, 5.74) is 0.932. The third-order valence-corrected chi connectivity index (χ3v) is 6.97. The molecule has 146 valence electrons. The zero-order chi connectivity index (χ0) is 19.2. The number of carbonyl (C=O) groups excluding carboxylic acids is 2. The lowest BCUT2D eigenvalue weighted by atomic mass is 10.0. The second-order valence-corrected chi connectivity index (χ2v) is 9.69. The molecule has 1 aromatic carbocycles. The number of nitrogens with zero attached hydrogens (tertiary/aromatic N) is 1. The molecule has 3 heterocycles. The summed E-state index contributed by atoms with van der Waals surface area (Å²) < 4.78 is 11.9. The second kappa shape index (κ2) is 6.62. The number of ether oxygens (including phenoxy) is 2. The Morgan fingerprint density at radius 3 is 3.04 bits per heavy atom. The highest BCUT2D eigenvalue weighted by Gasteiger charge is 2.52. The maximum absolute atomic E-state index is 12.6. The fraction of sp³-hybridized carbons (Fsp3) is 0.600. The minimum absolute atomic E-state index is 0.0820. The number of fused-ring (bicyclic) bond motifs is 2. The van der Waals surface area contributed by atoms with Gasteiger partial charge in [-0.25, -0.2) is 0 Å². The Morgan fingerprint density at radius 2 is 2.22 bits per heavy atom. The highest BCUT2D eigenvalue weighted by molar-refractivity contribution is 8.01.